The summed E-state index contributed by atoms with van der Waals surface area (Å²) in [7, 11) is 2.46. The van der Waals surface area contributed by atoms with Gasteiger partial charge in [-0.2, -0.15) is 0 Å². The van der Waals surface area contributed by atoms with Gasteiger partial charge < -0.3 is 9.38 Å². The maximum atomic E-state index is 2.62. The Bertz CT molecular complexity index is 395. The van der Waals surface area contributed by atoms with Gasteiger partial charge in [-0.15, -0.1) is 0 Å². The molecule has 0 atom stereocenters. The van der Waals surface area contributed by atoms with Gasteiger partial charge >= 0.3 is 0 Å². The lowest BCUT2D eigenvalue weighted by Crippen LogP contribution is -2.51. The maximum absolute atomic E-state index is 2.62. The highest BCUT2D eigenvalue weighted by Crippen LogP contribution is 2.19. The molecule has 124 valence electrons. The Balaban J connectivity index is 1.89. The molecule has 1 heterocycles. The van der Waals surface area contributed by atoms with Crippen LogP contribution in [0.15, 0.2) is 30.3 Å². The molecular formula is C20H35N2+. The van der Waals surface area contributed by atoms with E-state index in [-0.39, 0.29) is 0 Å². The van der Waals surface area contributed by atoms with Crippen molar-refractivity contribution in [3.63, 3.8) is 0 Å². The first kappa shape index (κ1) is 17.3. The largest absolute Gasteiger partial charge is 0.366 e. The summed E-state index contributed by atoms with van der Waals surface area (Å²) in [6.07, 6.45) is 9.65. The molecule has 1 aliphatic rings. The van der Waals surface area contributed by atoms with Crippen LogP contribution in [-0.4, -0.2) is 44.3 Å². The summed E-state index contributed by atoms with van der Waals surface area (Å²) < 4.78 is 1.28. The molecule has 0 unspecified atom stereocenters. The van der Waals surface area contributed by atoms with E-state index in [1.165, 1.54) is 87.8 Å². The zero-order chi connectivity index (χ0) is 15.7. The third-order valence-corrected chi connectivity index (χ3v) is 5.21. The molecule has 0 saturated carbocycles. The Morgan fingerprint density at radius 1 is 0.909 bits per heavy atom. The smallest absolute Gasteiger partial charge is 0.0962 e. The van der Waals surface area contributed by atoms with Gasteiger partial charge in [0, 0.05) is 12.2 Å². The summed E-state index contributed by atoms with van der Waals surface area (Å²) in [5.41, 5.74) is 1.41. The zero-order valence-electron chi connectivity index (χ0n) is 14.8. The minimum absolute atomic E-state index is 1.20. The number of quaternary nitrogens is 1. The number of piperidine rings is 1. The Morgan fingerprint density at radius 3 is 2.32 bits per heavy atom. The summed E-state index contributed by atoms with van der Waals surface area (Å²) in [5, 5.41) is 0. The summed E-state index contributed by atoms with van der Waals surface area (Å²) in [6, 6.07) is 11.0. The monoisotopic (exact) mass is 303 g/mol. The standard InChI is InChI=1S/C20H35N2/c1-3-4-5-10-15-21(20-13-8-6-9-14-20)16-19-22(2)17-11-7-12-18-22/h6,8-9,13-14H,3-5,7,10-12,15-19H2,1-2H3/q+1. The van der Waals surface area contributed by atoms with Crippen molar-refractivity contribution in [3.8, 4) is 0 Å². The minimum atomic E-state index is 1.20. The molecular weight excluding hydrogens is 268 g/mol. The van der Waals surface area contributed by atoms with Crippen LogP contribution in [0.25, 0.3) is 0 Å². The van der Waals surface area contributed by atoms with E-state index in [4.69, 9.17) is 0 Å². The van der Waals surface area contributed by atoms with Gasteiger partial charge in [0.05, 0.1) is 33.2 Å². The summed E-state index contributed by atoms with van der Waals surface area (Å²) >= 11 is 0. The van der Waals surface area contributed by atoms with Crippen molar-refractivity contribution < 1.29 is 4.48 Å². The van der Waals surface area contributed by atoms with Crippen LogP contribution >= 0.6 is 0 Å². The van der Waals surface area contributed by atoms with Crippen LogP contribution < -0.4 is 4.90 Å². The van der Waals surface area contributed by atoms with Crippen molar-refractivity contribution in [2.45, 2.75) is 51.9 Å². The Kier molecular flexibility index (Phi) is 7.24. The number of hydrogen-bond acceptors (Lipinski definition) is 1. The number of likely N-dealkylation sites (tertiary alicyclic amines) is 1. The van der Waals surface area contributed by atoms with Gasteiger partial charge in [-0.25, -0.2) is 0 Å². The van der Waals surface area contributed by atoms with Crippen LogP contribution in [0.1, 0.15) is 51.9 Å². The van der Waals surface area contributed by atoms with Gasteiger partial charge in [-0.3, -0.25) is 0 Å². The lowest BCUT2D eigenvalue weighted by molar-refractivity contribution is -0.912. The number of benzene rings is 1. The molecule has 1 aliphatic heterocycles. The third-order valence-electron chi connectivity index (χ3n) is 5.21. The molecule has 0 N–H and O–H groups in total. The first-order chi connectivity index (χ1) is 10.7. The van der Waals surface area contributed by atoms with Crippen LogP contribution in [0.4, 0.5) is 5.69 Å². The Morgan fingerprint density at radius 2 is 1.64 bits per heavy atom. The summed E-state index contributed by atoms with van der Waals surface area (Å²) in [4.78, 5) is 2.62. The second-order valence-electron chi connectivity index (χ2n) is 7.23. The highest BCUT2D eigenvalue weighted by atomic mass is 15.3. The maximum Gasteiger partial charge on any atom is 0.0962 e. The fourth-order valence-corrected chi connectivity index (χ4v) is 3.60. The Labute approximate surface area is 137 Å². The number of likely N-dealkylation sites (N-methyl/N-ethyl adjacent to an activating group) is 1. The molecule has 1 aromatic rings. The molecule has 0 aromatic heterocycles. The van der Waals surface area contributed by atoms with E-state index in [2.05, 4.69) is 49.2 Å². The van der Waals surface area contributed by atoms with E-state index in [0.717, 1.165) is 0 Å². The van der Waals surface area contributed by atoms with Crippen molar-refractivity contribution in [2.75, 3.05) is 44.7 Å². The average molecular weight is 304 g/mol. The molecule has 22 heavy (non-hydrogen) atoms. The number of nitrogens with zero attached hydrogens (tertiary/aromatic N) is 2. The molecule has 0 spiro atoms. The van der Waals surface area contributed by atoms with Gasteiger partial charge in [0.1, 0.15) is 0 Å². The van der Waals surface area contributed by atoms with Crippen LogP contribution in [0.5, 0.6) is 0 Å². The molecule has 2 nitrogen and oxygen atoms in total. The number of unbranched alkanes of at least 4 members (excludes halogenated alkanes) is 3. The topological polar surface area (TPSA) is 3.24 Å². The van der Waals surface area contributed by atoms with Gasteiger partial charge in [-0.1, -0.05) is 44.4 Å². The lowest BCUT2D eigenvalue weighted by atomic mass is 10.1. The van der Waals surface area contributed by atoms with Gasteiger partial charge in [0.15, 0.2) is 0 Å². The van der Waals surface area contributed by atoms with E-state index < -0.39 is 0 Å². The fraction of sp³-hybridized carbons (Fsp3) is 0.700. The quantitative estimate of drug-likeness (QED) is 0.472. The molecule has 2 rings (SSSR count). The van der Waals surface area contributed by atoms with Crippen LogP contribution in [0.3, 0.4) is 0 Å². The normalized spacial score (nSPS) is 17.4. The van der Waals surface area contributed by atoms with E-state index >= 15 is 0 Å². The van der Waals surface area contributed by atoms with E-state index in [1.807, 2.05) is 0 Å². The molecule has 1 aromatic carbocycles. The first-order valence-electron chi connectivity index (χ1n) is 9.37. The van der Waals surface area contributed by atoms with Crippen molar-refractivity contribution in [1.82, 2.24) is 0 Å². The highest BCUT2D eigenvalue weighted by molar-refractivity contribution is 5.45. The molecule has 0 aliphatic carbocycles. The Hall–Kier alpha value is -1.02. The summed E-state index contributed by atoms with van der Waals surface area (Å²) in [6.45, 7) is 8.74. The molecule has 1 saturated heterocycles. The van der Waals surface area contributed by atoms with Crippen molar-refractivity contribution in [3.05, 3.63) is 30.3 Å². The van der Waals surface area contributed by atoms with E-state index in [9.17, 15) is 0 Å². The number of rotatable bonds is 9. The van der Waals surface area contributed by atoms with E-state index in [0.29, 0.717) is 0 Å². The molecule has 0 radical (unpaired) electrons. The van der Waals surface area contributed by atoms with E-state index in [1.54, 1.807) is 0 Å². The van der Waals surface area contributed by atoms with Crippen LogP contribution in [0.2, 0.25) is 0 Å². The second-order valence-corrected chi connectivity index (χ2v) is 7.23. The predicted molar refractivity (Wildman–Crippen MR) is 97.4 cm³/mol. The highest BCUT2D eigenvalue weighted by Gasteiger charge is 2.25. The molecule has 0 bridgehead atoms. The fourth-order valence-electron chi connectivity index (χ4n) is 3.60. The van der Waals surface area contributed by atoms with Gasteiger partial charge in [0.25, 0.3) is 0 Å². The molecule has 1 fully saturated rings. The molecule has 0 amide bonds. The number of hydrogen-bond donors (Lipinski definition) is 0. The number of anilines is 1. The second kappa shape index (κ2) is 9.19. The van der Waals surface area contributed by atoms with Crippen molar-refractivity contribution >= 4 is 5.69 Å². The summed E-state index contributed by atoms with van der Waals surface area (Å²) in [5.74, 6) is 0. The lowest BCUT2D eigenvalue weighted by Gasteiger charge is -2.39. The zero-order valence-corrected chi connectivity index (χ0v) is 14.8. The minimum Gasteiger partial charge on any atom is -0.366 e. The van der Waals surface area contributed by atoms with Crippen molar-refractivity contribution in [1.29, 1.82) is 0 Å². The van der Waals surface area contributed by atoms with Crippen LogP contribution in [0, 0.1) is 0 Å². The van der Waals surface area contributed by atoms with Gasteiger partial charge in [-0.05, 0) is 37.8 Å². The first-order valence-corrected chi connectivity index (χ1v) is 9.37. The number of para-hydroxylation sites is 1. The third kappa shape index (κ3) is 5.64. The predicted octanol–water partition coefficient (Wildman–Crippen LogP) is 4.70. The molecule has 2 heteroatoms. The SMILES string of the molecule is CCCCCCN(CC[N+]1(C)CCCCC1)c1ccccc1. The van der Waals surface area contributed by atoms with Gasteiger partial charge in [0.2, 0.25) is 0 Å². The van der Waals surface area contributed by atoms with Crippen LogP contribution in [-0.2, 0) is 0 Å². The average Bonchev–Trinajstić information content (AvgIpc) is 2.56. The van der Waals surface area contributed by atoms with Crippen molar-refractivity contribution in [2.24, 2.45) is 0 Å².